The van der Waals surface area contributed by atoms with Gasteiger partial charge in [0.2, 0.25) is 0 Å². The van der Waals surface area contributed by atoms with Crippen molar-refractivity contribution in [1.29, 1.82) is 0 Å². The van der Waals surface area contributed by atoms with Crippen molar-refractivity contribution in [2.45, 2.75) is 6.92 Å². The van der Waals surface area contributed by atoms with Crippen molar-refractivity contribution in [2.24, 2.45) is 0 Å². The molecule has 0 aliphatic carbocycles. The van der Waals surface area contributed by atoms with Gasteiger partial charge in [-0.05, 0) is 13.0 Å². The number of carbonyl (C=O) groups excluding carboxylic acids is 1. The normalized spacial score (nSPS) is 9.42. The summed E-state index contributed by atoms with van der Waals surface area (Å²) in [5, 5.41) is 8.38. The number of carboxylic acid groups (broad SMARTS) is 1. The summed E-state index contributed by atoms with van der Waals surface area (Å²) in [5.74, 6) is -2.28. The van der Waals surface area contributed by atoms with Crippen LogP contribution >= 0.6 is 0 Å². The van der Waals surface area contributed by atoms with E-state index in [2.05, 4.69) is 0 Å². The van der Waals surface area contributed by atoms with Crippen molar-refractivity contribution in [3.8, 4) is 0 Å². The van der Waals surface area contributed by atoms with Gasteiger partial charge in [0.1, 0.15) is 0 Å². The minimum atomic E-state index is -1.42. The van der Waals surface area contributed by atoms with Crippen molar-refractivity contribution in [1.82, 2.24) is 0 Å². The third-order valence-corrected chi connectivity index (χ3v) is 1.47. The summed E-state index contributed by atoms with van der Waals surface area (Å²) in [6.45, 7) is 1.80. The van der Waals surface area contributed by atoms with Crippen LogP contribution in [0.5, 0.6) is 0 Å². The molecule has 0 saturated carbocycles. The first-order chi connectivity index (χ1) is 5.61. The van der Waals surface area contributed by atoms with E-state index in [1.54, 1.807) is 25.1 Å². The molecule has 1 rings (SSSR count). The maximum Gasteiger partial charge on any atom is 0.377 e. The van der Waals surface area contributed by atoms with Gasteiger partial charge < -0.3 is 5.11 Å². The van der Waals surface area contributed by atoms with Crippen LogP contribution < -0.4 is 0 Å². The molecule has 0 aromatic heterocycles. The third-order valence-electron chi connectivity index (χ3n) is 1.47. The fraction of sp³-hybridized carbons (Fsp3) is 0.111. The number of carbonyl (C=O) groups is 2. The van der Waals surface area contributed by atoms with E-state index in [4.69, 9.17) is 5.11 Å². The third kappa shape index (κ3) is 1.69. The first-order valence-electron chi connectivity index (χ1n) is 3.45. The van der Waals surface area contributed by atoms with Gasteiger partial charge in [0.05, 0.1) is 0 Å². The molecule has 3 nitrogen and oxygen atoms in total. The largest absolute Gasteiger partial charge is 0.475 e. The van der Waals surface area contributed by atoms with Gasteiger partial charge in [-0.2, -0.15) is 0 Å². The maximum atomic E-state index is 10.9. The second kappa shape index (κ2) is 3.17. The molecule has 12 heavy (non-hydrogen) atoms. The van der Waals surface area contributed by atoms with E-state index in [-0.39, 0.29) is 5.56 Å². The maximum absolute atomic E-state index is 10.9. The second-order valence-corrected chi connectivity index (χ2v) is 2.50. The zero-order valence-electron chi connectivity index (χ0n) is 6.57. The quantitative estimate of drug-likeness (QED) is 0.528. The lowest BCUT2D eigenvalue weighted by atomic mass is 10.1. The van der Waals surface area contributed by atoms with E-state index < -0.39 is 11.8 Å². The number of rotatable bonds is 2. The van der Waals surface area contributed by atoms with Crippen molar-refractivity contribution >= 4 is 11.8 Å². The summed E-state index contributed by atoms with van der Waals surface area (Å²) in [4.78, 5) is 21.2. The molecule has 1 N–H and O–H groups in total. The fourth-order valence-electron chi connectivity index (χ4n) is 0.910. The minimum absolute atomic E-state index is 0.225. The molecule has 0 heterocycles. The number of hydrogen-bond donors (Lipinski definition) is 1. The Morgan fingerprint density at radius 2 is 2.00 bits per heavy atom. The monoisotopic (exact) mass is 164 g/mol. The lowest BCUT2D eigenvalue weighted by Gasteiger charge is -1.96. The topological polar surface area (TPSA) is 54.4 Å². The van der Waals surface area contributed by atoms with Crippen LogP contribution in [0.3, 0.4) is 0 Å². The zero-order valence-corrected chi connectivity index (χ0v) is 6.57. The number of aliphatic carboxylic acids is 1. The Kier molecular flexibility index (Phi) is 2.24. The highest BCUT2D eigenvalue weighted by atomic mass is 16.4. The summed E-state index contributed by atoms with van der Waals surface area (Å²) in [6.07, 6.45) is 0. The molecule has 0 saturated heterocycles. The van der Waals surface area contributed by atoms with Crippen LogP contribution in [0, 0.1) is 6.92 Å². The van der Waals surface area contributed by atoms with Crippen LogP contribution in [0.25, 0.3) is 0 Å². The van der Waals surface area contributed by atoms with Gasteiger partial charge >= 0.3 is 5.97 Å². The van der Waals surface area contributed by atoms with Gasteiger partial charge in [-0.25, -0.2) is 4.79 Å². The summed E-state index contributed by atoms with van der Waals surface area (Å²) >= 11 is 0. The number of hydrogen-bond acceptors (Lipinski definition) is 2. The molecule has 1 aromatic carbocycles. The predicted octanol–water partition coefficient (Wildman–Crippen LogP) is 1.26. The second-order valence-electron chi connectivity index (χ2n) is 2.50. The molecule has 0 amide bonds. The lowest BCUT2D eigenvalue weighted by Crippen LogP contribution is -2.12. The average molecular weight is 164 g/mol. The molecular formula is C9H8O3. The van der Waals surface area contributed by atoms with Crippen LogP contribution in [-0.2, 0) is 4.79 Å². The van der Waals surface area contributed by atoms with Crippen LogP contribution in [0.2, 0.25) is 0 Å². The van der Waals surface area contributed by atoms with Crippen LogP contribution in [0.15, 0.2) is 24.3 Å². The molecule has 0 fully saturated rings. The summed E-state index contributed by atoms with van der Waals surface area (Å²) in [5.41, 5.74) is 1.10. The number of benzene rings is 1. The Bertz CT molecular complexity index is 328. The standard InChI is InChI=1S/C9H8O3/c1-6-3-2-4-7(5-6)8(10)9(11)12/h2-5H,1H3,(H,11,12). The van der Waals surface area contributed by atoms with Gasteiger partial charge in [-0.15, -0.1) is 0 Å². The Morgan fingerprint density at radius 3 is 2.50 bits per heavy atom. The lowest BCUT2D eigenvalue weighted by molar-refractivity contribution is -0.131. The van der Waals surface area contributed by atoms with E-state index in [0.29, 0.717) is 0 Å². The smallest absolute Gasteiger partial charge is 0.377 e. The Labute approximate surface area is 69.6 Å². The SMILES string of the molecule is Cc1cccc(C(=O)C(=O)O)c1. The van der Waals surface area contributed by atoms with Crippen molar-refractivity contribution in [2.75, 3.05) is 0 Å². The van der Waals surface area contributed by atoms with Gasteiger partial charge in [0.25, 0.3) is 5.78 Å². The molecule has 0 spiro atoms. The molecular weight excluding hydrogens is 156 g/mol. The van der Waals surface area contributed by atoms with Crippen LogP contribution in [0.1, 0.15) is 15.9 Å². The number of ketones is 1. The van der Waals surface area contributed by atoms with E-state index in [1.165, 1.54) is 6.07 Å². The fourth-order valence-corrected chi connectivity index (χ4v) is 0.910. The summed E-state index contributed by atoms with van der Waals surface area (Å²) in [6, 6.07) is 6.50. The predicted molar refractivity (Wildman–Crippen MR) is 43.1 cm³/mol. The molecule has 0 radical (unpaired) electrons. The first kappa shape index (κ1) is 8.46. The molecule has 0 aliphatic heterocycles. The molecule has 0 aliphatic rings. The highest BCUT2D eigenvalue weighted by molar-refractivity contribution is 6.39. The Balaban J connectivity index is 3.04. The van der Waals surface area contributed by atoms with E-state index in [1.807, 2.05) is 0 Å². The Hall–Kier alpha value is -1.64. The van der Waals surface area contributed by atoms with Crippen LogP contribution in [-0.4, -0.2) is 16.9 Å². The number of aryl methyl sites for hydroxylation is 1. The molecule has 3 heteroatoms. The first-order valence-corrected chi connectivity index (χ1v) is 3.45. The number of carboxylic acids is 1. The highest BCUT2D eigenvalue weighted by Crippen LogP contribution is 2.04. The van der Waals surface area contributed by atoms with Gasteiger partial charge in [0, 0.05) is 5.56 Å². The molecule has 0 atom stereocenters. The summed E-state index contributed by atoms with van der Waals surface area (Å²) < 4.78 is 0. The zero-order chi connectivity index (χ0) is 9.14. The highest BCUT2D eigenvalue weighted by Gasteiger charge is 2.13. The molecule has 0 bridgehead atoms. The summed E-state index contributed by atoms with van der Waals surface area (Å²) in [7, 11) is 0. The van der Waals surface area contributed by atoms with Gasteiger partial charge in [0.15, 0.2) is 0 Å². The van der Waals surface area contributed by atoms with Crippen molar-refractivity contribution in [3.05, 3.63) is 35.4 Å². The Morgan fingerprint density at radius 1 is 1.33 bits per heavy atom. The van der Waals surface area contributed by atoms with Crippen molar-refractivity contribution in [3.63, 3.8) is 0 Å². The van der Waals surface area contributed by atoms with Crippen molar-refractivity contribution < 1.29 is 14.7 Å². The van der Waals surface area contributed by atoms with Gasteiger partial charge in [-0.1, -0.05) is 23.8 Å². The van der Waals surface area contributed by atoms with Crippen LogP contribution in [0.4, 0.5) is 0 Å². The number of Topliss-reactive ketones (excluding diaryl/α,β-unsaturated/α-hetero) is 1. The van der Waals surface area contributed by atoms with E-state index >= 15 is 0 Å². The van der Waals surface area contributed by atoms with E-state index in [0.717, 1.165) is 5.56 Å². The van der Waals surface area contributed by atoms with Gasteiger partial charge in [-0.3, -0.25) is 4.79 Å². The molecule has 0 unspecified atom stereocenters. The minimum Gasteiger partial charge on any atom is -0.475 e. The van der Waals surface area contributed by atoms with E-state index in [9.17, 15) is 9.59 Å². The molecule has 1 aromatic rings. The molecule has 62 valence electrons. The average Bonchev–Trinajstić information content (AvgIpc) is 2.03.